The topological polar surface area (TPSA) is 48.0 Å². The number of carbonyl (C=O) groups excluding carboxylic acids is 1. The first-order valence-corrected chi connectivity index (χ1v) is 10.1. The summed E-state index contributed by atoms with van der Waals surface area (Å²) in [6, 6.07) is 12.7. The Bertz CT molecular complexity index is 834. The third-order valence-electron chi connectivity index (χ3n) is 5.54. The van der Waals surface area contributed by atoms with Gasteiger partial charge in [0, 0.05) is 13.1 Å². The summed E-state index contributed by atoms with van der Waals surface area (Å²) in [5.74, 6) is 0.979. The Labute approximate surface area is 175 Å². The first-order valence-electron chi connectivity index (χ1n) is 10.1. The molecule has 1 aliphatic heterocycles. The lowest BCUT2D eigenvalue weighted by atomic mass is 9.90. The van der Waals surface area contributed by atoms with Crippen LogP contribution in [0.5, 0.6) is 17.2 Å². The van der Waals surface area contributed by atoms with Gasteiger partial charge in [0.15, 0.2) is 11.5 Å². The molecule has 2 aromatic rings. The maximum absolute atomic E-state index is 13.0. The lowest BCUT2D eigenvalue weighted by Gasteiger charge is -2.32. The second kappa shape index (κ2) is 10.3. The maximum atomic E-state index is 13.0. The summed E-state index contributed by atoms with van der Waals surface area (Å²) in [6.07, 6.45) is 3.80. The van der Waals surface area contributed by atoms with Crippen LogP contribution in [0.2, 0.25) is 0 Å². The summed E-state index contributed by atoms with van der Waals surface area (Å²) in [7, 11) is 3.01. The Morgan fingerprint density at radius 2 is 1.77 bits per heavy atom. The zero-order valence-electron chi connectivity index (χ0n) is 17.3. The number of rotatable bonds is 8. The number of hydrogen-bond donors (Lipinski definition) is 0. The van der Waals surface area contributed by atoms with Crippen LogP contribution in [-0.4, -0.2) is 44.7 Å². The Balaban J connectivity index is 1.57. The number of halogens is 2. The Hall–Kier alpha value is -2.83. The molecule has 5 nitrogen and oxygen atoms in total. The summed E-state index contributed by atoms with van der Waals surface area (Å²) in [6.45, 7) is -1.84. The van der Waals surface area contributed by atoms with E-state index in [2.05, 4.69) is 16.9 Å². The number of ether oxygens (including phenoxy) is 3. The molecule has 1 heterocycles. The number of alkyl halides is 2. The molecule has 1 aliphatic rings. The van der Waals surface area contributed by atoms with Crippen LogP contribution >= 0.6 is 0 Å². The van der Waals surface area contributed by atoms with Crippen molar-refractivity contribution in [1.29, 1.82) is 0 Å². The van der Waals surface area contributed by atoms with Crippen molar-refractivity contribution in [1.82, 2.24) is 4.90 Å². The van der Waals surface area contributed by atoms with Gasteiger partial charge in [0.05, 0.1) is 19.8 Å². The van der Waals surface area contributed by atoms with Crippen LogP contribution in [0, 0.1) is 5.92 Å². The van der Waals surface area contributed by atoms with Crippen LogP contribution in [0.1, 0.15) is 35.2 Å². The Morgan fingerprint density at radius 3 is 2.37 bits per heavy atom. The van der Waals surface area contributed by atoms with Crippen molar-refractivity contribution in [3.63, 3.8) is 0 Å². The van der Waals surface area contributed by atoms with E-state index in [0.717, 1.165) is 31.4 Å². The number of likely N-dealkylation sites (tertiary alicyclic amines) is 1. The fraction of sp³-hybridized carbons (Fsp3) is 0.435. The molecule has 2 aromatic carbocycles. The van der Waals surface area contributed by atoms with Gasteiger partial charge in [-0.2, -0.15) is 8.78 Å². The molecule has 1 saturated heterocycles. The third-order valence-corrected chi connectivity index (χ3v) is 5.54. The van der Waals surface area contributed by atoms with E-state index in [-0.39, 0.29) is 23.0 Å². The molecular weight excluding hydrogens is 392 g/mol. The highest BCUT2D eigenvalue weighted by molar-refractivity contribution is 5.97. The van der Waals surface area contributed by atoms with E-state index in [0.29, 0.717) is 19.0 Å². The van der Waals surface area contributed by atoms with Gasteiger partial charge in [0.1, 0.15) is 5.75 Å². The molecule has 0 atom stereocenters. The number of aryl methyl sites for hydroxylation is 1. The van der Waals surface area contributed by atoms with Crippen molar-refractivity contribution >= 4 is 5.91 Å². The second-order valence-electron chi connectivity index (χ2n) is 7.34. The van der Waals surface area contributed by atoms with Crippen molar-refractivity contribution in [2.75, 3.05) is 27.3 Å². The van der Waals surface area contributed by atoms with E-state index in [1.165, 1.54) is 24.8 Å². The minimum Gasteiger partial charge on any atom is -0.497 e. The molecule has 30 heavy (non-hydrogen) atoms. The molecule has 162 valence electrons. The average molecular weight is 419 g/mol. The Kier molecular flexibility index (Phi) is 7.49. The quantitative estimate of drug-likeness (QED) is 0.617. The van der Waals surface area contributed by atoms with Crippen LogP contribution in [0.15, 0.2) is 42.5 Å². The molecule has 1 fully saturated rings. The predicted octanol–water partition coefficient (Wildman–Crippen LogP) is 4.79. The number of methoxy groups -OCH3 is 2. The van der Waals surface area contributed by atoms with E-state index >= 15 is 0 Å². The number of hydrogen-bond acceptors (Lipinski definition) is 4. The summed E-state index contributed by atoms with van der Waals surface area (Å²) < 4.78 is 40.5. The summed E-state index contributed by atoms with van der Waals surface area (Å²) >= 11 is 0. The van der Waals surface area contributed by atoms with Gasteiger partial charge in [-0.1, -0.05) is 18.2 Å². The molecule has 0 N–H and O–H groups in total. The van der Waals surface area contributed by atoms with Crippen molar-refractivity contribution in [3.8, 4) is 17.2 Å². The van der Waals surface area contributed by atoms with Crippen LogP contribution in [0.25, 0.3) is 0 Å². The highest BCUT2D eigenvalue weighted by Gasteiger charge is 2.27. The third kappa shape index (κ3) is 5.40. The zero-order valence-corrected chi connectivity index (χ0v) is 17.3. The van der Waals surface area contributed by atoms with Gasteiger partial charge in [-0.15, -0.1) is 0 Å². The first-order chi connectivity index (χ1) is 14.5. The number of piperidine rings is 1. The van der Waals surface area contributed by atoms with Crippen molar-refractivity contribution < 1.29 is 27.8 Å². The van der Waals surface area contributed by atoms with Crippen LogP contribution in [-0.2, 0) is 6.42 Å². The van der Waals surface area contributed by atoms with Gasteiger partial charge >= 0.3 is 6.61 Å². The number of nitrogens with zero attached hydrogens (tertiary/aromatic N) is 1. The molecule has 0 bridgehead atoms. The number of para-hydroxylation sites is 1. The minimum atomic E-state index is -3.03. The smallest absolute Gasteiger partial charge is 0.387 e. The predicted molar refractivity (Wildman–Crippen MR) is 110 cm³/mol. The molecule has 0 spiro atoms. The van der Waals surface area contributed by atoms with E-state index in [4.69, 9.17) is 9.47 Å². The van der Waals surface area contributed by atoms with Crippen LogP contribution in [0.4, 0.5) is 8.78 Å². The fourth-order valence-electron chi connectivity index (χ4n) is 3.81. The average Bonchev–Trinajstić information content (AvgIpc) is 2.77. The van der Waals surface area contributed by atoms with Crippen molar-refractivity contribution in [2.24, 2.45) is 5.92 Å². The van der Waals surface area contributed by atoms with Gasteiger partial charge in [-0.05, 0) is 61.4 Å². The molecule has 0 aromatic heterocycles. The molecule has 1 amide bonds. The molecular formula is C23H27F2NO4. The van der Waals surface area contributed by atoms with Crippen LogP contribution < -0.4 is 14.2 Å². The number of benzene rings is 2. The van der Waals surface area contributed by atoms with E-state index < -0.39 is 6.61 Å². The first kappa shape index (κ1) is 21.9. The summed E-state index contributed by atoms with van der Waals surface area (Å²) in [4.78, 5) is 14.7. The lowest BCUT2D eigenvalue weighted by molar-refractivity contribution is -0.0516. The van der Waals surface area contributed by atoms with Gasteiger partial charge in [-0.25, -0.2) is 0 Å². The van der Waals surface area contributed by atoms with Gasteiger partial charge < -0.3 is 19.1 Å². The molecule has 0 saturated carbocycles. The molecule has 0 radical (unpaired) electrons. The molecule has 7 heteroatoms. The van der Waals surface area contributed by atoms with Crippen molar-refractivity contribution in [2.45, 2.75) is 32.3 Å². The van der Waals surface area contributed by atoms with E-state index in [1.807, 2.05) is 12.1 Å². The highest BCUT2D eigenvalue weighted by atomic mass is 19.3. The molecule has 0 unspecified atom stereocenters. The lowest BCUT2D eigenvalue weighted by Crippen LogP contribution is -2.38. The van der Waals surface area contributed by atoms with E-state index in [1.54, 1.807) is 18.1 Å². The monoisotopic (exact) mass is 419 g/mol. The zero-order chi connectivity index (χ0) is 21.5. The largest absolute Gasteiger partial charge is 0.497 e. The number of carbonyl (C=O) groups is 1. The summed E-state index contributed by atoms with van der Waals surface area (Å²) in [5, 5.41) is 0. The highest BCUT2D eigenvalue weighted by Crippen LogP contribution is 2.34. The van der Waals surface area contributed by atoms with Gasteiger partial charge in [-0.3, -0.25) is 4.79 Å². The minimum absolute atomic E-state index is 0.103. The molecule has 3 rings (SSSR count). The molecule has 0 aliphatic carbocycles. The number of amides is 1. The normalized spacial score (nSPS) is 14.6. The standard InChI is InChI=1S/C23H27F2NO4/c1-28-18-10-8-16(9-11-18)6-7-17-12-14-26(15-13-17)22(27)19-4-3-5-20(29-2)21(19)30-23(24)25/h3-5,8-11,17,23H,6-7,12-15H2,1-2H3. The Morgan fingerprint density at radius 1 is 1.07 bits per heavy atom. The fourth-order valence-corrected chi connectivity index (χ4v) is 3.81. The maximum Gasteiger partial charge on any atom is 0.387 e. The summed E-state index contributed by atoms with van der Waals surface area (Å²) in [5.41, 5.74) is 1.37. The van der Waals surface area contributed by atoms with Crippen molar-refractivity contribution in [3.05, 3.63) is 53.6 Å². The SMILES string of the molecule is COc1ccc(CCC2CCN(C(=O)c3cccc(OC)c3OC(F)F)CC2)cc1. The van der Waals surface area contributed by atoms with Gasteiger partial charge in [0.25, 0.3) is 5.91 Å². The second-order valence-corrected chi connectivity index (χ2v) is 7.34. The van der Waals surface area contributed by atoms with E-state index in [9.17, 15) is 13.6 Å². The van der Waals surface area contributed by atoms with Gasteiger partial charge in [0.2, 0.25) is 0 Å². The van der Waals surface area contributed by atoms with Crippen LogP contribution in [0.3, 0.4) is 0 Å².